The zero-order chi connectivity index (χ0) is 15.1. The van der Waals surface area contributed by atoms with E-state index < -0.39 is 5.82 Å². The van der Waals surface area contributed by atoms with Gasteiger partial charge in [0.15, 0.2) is 5.76 Å². The van der Waals surface area contributed by atoms with Crippen molar-refractivity contribution >= 4 is 11.6 Å². The molecule has 2 N–H and O–H groups in total. The van der Waals surface area contributed by atoms with E-state index in [-0.39, 0.29) is 5.02 Å². The minimum Gasteiger partial charge on any atom is -0.455 e. The number of hydrogen-bond acceptors (Lipinski definition) is 2. The predicted octanol–water partition coefficient (Wildman–Crippen LogP) is 3.23. The van der Waals surface area contributed by atoms with Gasteiger partial charge in [-0.2, -0.15) is 0 Å². The van der Waals surface area contributed by atoms with Crippen LogP contribution in [0.4, 0.5) is 4.39 Å². The zero-order valence-corrected chi connectivity index (χ0v) is 12.8. The Morgan fingerprint density at radius 2 is 2.14 bits per heavy atom. The lowest BCUT2D eigenvalue weighted by Crippen LogP contribution is -2.82. The fraction of sp³-hybridized carbons (Fsp3) is 0.375. The smallest absolute Gasteiger partial charge is 0.158 e. The normalized spacial score (nSPS) is 11.0. The first-order valence-corrected chi connectivity index (χ1v) is 7.52. The average molecular weight is 313 g/mol. The quantitative estimate of drug-likeness (QED) is 0.760. The molecule has 0 atom stereocenters. The second-order valence-electron chi connectivity index (χ2n) is 4.73. The molecule has 0 fully saturated rings. The van der Waals surface area contributed by atoms with E-state index in [4.69, 9.17) is 20.8 Å². The average Bonchev–Trinajstić information content (AvgIpc) is 2.94. The van der Waals surface area contributed by atoms with E-state index in [1.807, 2.05) is 19.1 Å². The molecule has 0 spiro atoms. The Morgan fingerprint density at radius 3 is 2.90 bits per heavy atom. The number of furan rings is 1. The molecule has 1 aromatic heterocycles. The largest absolute Gasteiger partial charge is 0.455 e. The summed E-state index contributed by atoms with van der Waals surface area (Å²) in [5.41, 5.74) is 0.781. The zero-order valence-electron chi connectivity index (χ0n) is 12.1. The minimum absolute atomic E-state index is 0.105. The highest BCUT2D eigenvalue weighted by molar-refractivity contribution is 6.31. The van der Waals surface area contributed by atoms with Crippen molar-refractivity contribution in [3.8, 4) is 11.3 Å². The summed E-state index contributed by atoms with van der Waals surface area (Å²) in [6.07, 6.45) is 1.02. The van der Waals surface area contributed by atoms with Gasteiger partial charge in [-0.1, -0.05) is 11.6 Å². The molecule has 0 aliphatic rings. The van der Waals surface area contributed by atoms with Crippen LogP contribution in [0.5, 0.6) is 0 Å². The molecule has 114 valence electrons. The van der Waals surface area contributed by atoms with Gasteiger partial charge in [0.05, 0.1) is 18.2 Å². The number of benzene rings is 1. The molecule has 5 heteroatoms. The maximum absolute atomic E-state index is 13.1. The van der Waals surface area contributed by atoms with E-state index in [0.29, 0.717) is 5.76 Å². The molecule has 2 aromatic rings. The first kappa shape index (κ1) is 16.0. The lowest BCUT2D eigenvalue weighted by molar-refractivity contribution is -0.672. The molecule has 0 radical (unpaired) electrons. The van der Waals surface area contributed by atoms with Crippen LogP contribution in [0.15, 0.2) is 34.7 Å². The molecule has 1 heterocycles. The highest BCUT2D eigenvalue weighted by atomic mass is 35.5. The molecule has 0 aliphatic carbocycles. The third-order valence-corrected chi connectivity index (χ3v) is 3.40. The summed E-state index contributed by atoms with van der Waals surface area (Å²) in [4.78, 5) is 0. The first-order chi connectivity index (χ1) is 10.2. The maximum atomic E-state index is 13.1. The van der Waals surface area contributed by atoms with E-state index in [9.17, 15) is 4.39 Å². The number of quaternary nitrogens is 1. The summed E-state index contributed by atoms with van der Waals surface area (Å²) in [5, 5.41) is 2.28. The molecule has 0 unspecified atom stereocenters. The Morgan fingerprint density at radius 1 is 1.29 bits per heavy atom. The van der Waals surface area contributed by atoms with E-state index in [1.54, 1.807) is 12.1 Å². The highest BCUT2D eigenvalue weighted by Crippen LogP contribution is 2.26. The van der Waals surface area contributed by atoms with E-state index >= 15 is 0 Å². The van der Waals surface area contributed by atoms with Crippen molar-refractivity contribution in [2.75, 3.05) is 19.8 Å². The van der Waals surface area contributed by atoms with Crippen molar-refractivity contribution in [1.29, 1.82) is 0 Å². The lowest BCUT2D eigenvalue weighted by Gasteiger charge is -2.01. The van der Waals surface area contributed by atoms with Crippen LogP contribution in [-0.4, -0.2) is 19.8 Å². The molecule has 21 heavy (non-hydrogen) atoms. The van der Waals surface area contributed by atoms with Crippen molar-refractivity contribution in [2.45, 2.75) is 19.9 Å². The number of nitrogens with two attached hydrogens (primary N) is 1. The summed E-state index contributed by atoms with van der Waals surface area (Å²) in [6.45, 7) is 5.33. The van der Waals surface area contributed by atoms with Crippen LogP contribution in [0.25, 0.3) is 11.3 Å². The number of ether oxygens (including phenoxy) is 1. The van der Waals surface area contributed by atoms with Crippen LogP contribution in [0.2, 0.25) is 5.02 Å². The molecule has 1 aromatic carbocycles. The summed E-state index contributed by atoms with van der Waals surface area (Å²) in [7, 11) is 0. The topological polar surface area (TPSA) is 39.0 Å². The van der Waals surface area contributed by atoms with Crippen molar-refractivity contribution in [3.05, 3.63) is 46.9 Å². The molecule has 0 saturated heterocycles. The minimum atomic E-state index is -0.421. The summed E-state index contributed by atoms with van der Waals surface area (Å²) >= 11 is 5.78. The van der Waals surface area contributed by atoms with Crippen molar-refractivity contribution in [1.82, 2.24) is 0 Å². The molecular weight excluding hydrogens is 293 g/mol. The van der Waals surface area contributed by atoms with Gasteiger partial charge in [-0.3, -0.25) is 0 Å². The fourth-order valence-corrected chi connectivity index (χ4v) is 2.19. The van der Waals surface area contributed by atoms with Gasteiger partial charge in [-0.25, -0.2) is 4.39 Å². The highest BCUT2D eigenvalue weighted by Gasteiger charge is 2.08. The van der Waals surface area contributed by atoms with Gasteiger partial charge >= 0.3 is 0 Å². The predicted molar refractivity (Wildman–Crippen MR) is 80.7 cm³/mol. The van der Waals surface area contributed by atoms with Crippen LogP contribution in [0.1, 0.15) is 19.1 Å². The van der Waals surface area contributed by atoms with E-state index in [2.05, 4.69) is 5.32 Å². The lowest BCUT2D eigenvalue weighted by atomic mass is 10.2. The third-order valence-electron chi connectivity index (χ3n) is 3.11. The molecule has 0 amide bonds. The Labute approximate surface area is 129 Å². The Bertz CT molecular complexity index is 571. The second kappa shape index (κ2) is 8.17. The summed E-state index contributed by atoms with van der Waals surface area (Å²) < 4.78 is 24.2. The van der Waals surface area contributed by atoms with Crippen LogP contribution < -0.4 is 5.32 Å². The van der Waals surface area contributed by atoms with Gasteiger partial charge in [-0.15, -0.1) is 0 Å². The van der Waals surface area contributed by atoms with Gasteiger partial charge in [-0.05, 0) is 37.3 Å². The molecule has 0 aliphatic heterocycles. The van der Waals surface area contributed by atoms with Crippen molar-refractivity contribution < 1.29 is 18.9 Å². The van der Waals surface area contributed by atoms with Gasteiger partial charge < -0.3 is 14.5 Å². The van der Waals surface area contributed by atoms with Crippen LogP contribution in [0, 0.1) is 5.82 Å². The fourth-order valence-electron chi connectivity index (χ4n) is 2.01. The molecule has 3 nitrogen and oxygen atoms in total. The van der Waals surface area contributed by atoms with Gasteiger partial charge in [0.2, 0.25) is 0 Å². The standard InChI is InChI=1S/C16H19ClFNO2/c1-2-20-9-3-8-19-11-13-5-7-16(21-13)12-4-6-15(18)14(17)10-12/h4-7,10,19H,2-3,8-9,11H2,1H3/p+1. The van der Waals surface area contributed by atoms with Crippen molar-refractivity contribution in [3.63, 3.8) is 0 Å². The molecular formula is C16H20ClFNO2+. The maximum Gasteiger partial charge on any atom is 0.158 e. The molecule has 0 bridgehead atoms. The number of halogens is 2. The Kier molecular flexibility index (Phi) is 6.23. The van der Waals surface area contributed by atoms with Gasteiger partial charge in [0.1, 0.15) is 18.1 Å². The van der Waals surface area contributed by atoms with E-state index in [1.165, 1.54) is 6.07 Å². The first-order valence-electron chi connectivity index (χ1n) is 7.14. The van der Waals surface area contributed by atoms with Crippen molar-refractivity contribution in [2.24, 2.45) is 0 Å². The monoisotopic (exact) mass is 312 g/mol. The Hall–Kier alpha value is -1.36. The number of rotatable bonds is 8. The Balaban J connectivity index is 1.85. The van der Waals surface area contributed by atoms with Crippen LogP contribution in [0.3, 0.4) is 0 Å². The number of hydrogen-bond donors (Lipinski definition) is 1. The van der Waals surface area contributed by atoms with Crippen LogP contribution >= 0.6 is 11.6 Å². The summed E-state index contributed by atoms with van der Waals surface area (Å²) in [5.74, 6) is 1.17. The molecule has 2 rings (SSSR count). The van der Waals surface area contributed by atoms with Gasteiger partial charge in [0.25, 0.3) is 0 Å². The second-order valence-corrected chi connectivity index (χ2v) is 5.13. The molecule has 0 saturated carbocycles. The summed E-state index contributed by atoms with van der Waals surface area (Å²) in [6, 6.07) is 8.40. The van der Waals surface area contributed by atoms with E-state index in [0.717, 1.165) is 44.0 Å². The van der Waals surface area contributed by atoms with Gasteiger partial charge in [0, 0.05) is 18.6 Å². The SMILES string of the molecule is CCOCCC[NH2+]Cc1ccc(-c2ccc(F)c(Cl)c2)o1. The van der Waals surface area contributed by atoms with Crippen LogP contribution in [-0.2, 0) is 11.3 Å². The third kappa shape index (κ3) is 4.84.